The lowest BCUT2D eigenvalue weighted by atomic mass is 9.88. The van der Waals surface area contributed by atoms with E-state index in [0.29, 0.717) is 12.8 Å². The molecule has 98 heavy (non-hydrogen) atoms. The van der Waals surface area contributed by atoms with E-state index in [0.717, 1.165) is 65.2 Å². The Morgan fingerprint density at radius 1 is 0.531 bits per heavy atom. The number of aliphatic carboxylic acids is 1. The van der Waals surface area contributed by atoms with E-state index < -0.39 is 198 Å². The molecular formula is C69H125N3O26. The molecule has 4 rings (SSSR count). The molecule has 29 heteroatoms. The number of carboxylic acid groups (broad SMARTS) is 1. The lowest BCUT2D eigenvalue weighted by Crippen LogP contribution is -2.72. The van der Waals surface area contributed by atoms with Crippen LogP contribution in [0, 0.1) is 0 Å². The van der Waals surface area contributed by atoms with Gasteiger partial charge in [0.15, 0.2) is 18.9 Å². The zero-order chi connectivity index (χ0) is 72.2. The molecule has 4 saturated heterocycles. The Morgan fingerprint density at radius 3 is 1.48 bits per heavy atom. The second-order valence-corrected chi connectivity index (χ2v) is 27.2. The van der Waals surface area contributed by atoms with Crippen LogP contribution in [-0.4, -0.2) is 269 Å². The fraction of sp³-hybridized carbons (Fsp3) is 0.913. The van der Waals surface area contributed by atoms with Gasteiger partial charge in [-0.3, -0.25) is 14.4 Å². The summed E-state index contributed by atoms with van der Waals surface area (Å²) < 4.78 is 47.9. The van der Waals surface area contributed by atoms with Crippen molar-refractivity contribution in [2.75, 3.05) is 33.0 Å². The molecule has 4 fully saturated rings. The van der Waals surface area contributed by atoms with Crippen molar-refractivity contribution in [1.82, 2.24) is 16.0 Å². The quantitative estimate of drug-likeness (QED) is 0.0305. The number of hydrogen-bond donors (Lipinski definition) is 17. The summed E-state index contributed by atoms with van der Waals surface area (Å²) in [5.41, 5.74) is 0. The highest BCUT2D eigenvalue weighted by Gasteiger charge is 2.61. The third kappa shape index (κ3) is 28.8. The van der Waals surface area contributed by atoms with Gasteiger partial charge in [0.1, 0.15) is 91.5 Å². The van der Waals surface area contributed by atoms with E-state index in [1.807, 2.05) is 6.08 Å². The largest absolute Gasteiger partial charge is 0.477 e. The molecule has 29 nitrogen and oxygen atoms in total. The average molecular weight is 1410 g/mol. The number of aliphatic hydroxyl groups is 13. The molecule has 0 saturated carbocycles. The number of amides is 3. The van der Waals surface area contributed by atoms with Gasteiger partial charge in [0, 0.05) is 26.7 Å². The molecule has 3 amide bonds. The van der Waals surface area contributed by atoms with Crippen LogP contribution in [0.4, 0.5) is 0 Å². The molecule has 17 N–H and O–H groups in total. The van der Waals surface area contributed by atoms with Crippen LogP contribution >= 0.6 is 0 Å². The van der Waals surface area contributed by atoms with E-state index in [1.165, 1.54) is 122 Å². The maximum absolute atomic E-state index is 13.6. The third-order valence-electron chi connectivity index (χ3n) is 19.0. The number of allylic oxidation sites excluding steroid dienone is 1. The van der Waals surface area contributed by atoms with Crippen molar-refractivity contribution >= 4 is 23.7 Å². The van der Waals surface area contributed by atoms with E-state index in [4.69, 9.17) is 37.9 Å². The van der Waals surface area contributed by atoms with Gasteiger partial charge in [0.25, 0.3) is 5.79 Å². The molecule has 0 spiro atoms. The molecule has 23 atom stereocenters. The fourth-order valence-corrected chi connectivity index (χ4v) is 13.2. The van der Waals surface area contributed by atoms with Crippen molar-refractivity contribution in [2.24, 2.45) is 0 Å². The summed E-state index contributed by atoms with van der Waals surface area (Å²) >= 11 is 0. The Hall–Kier alpha value is -3.22. The van der Waals surface area contributed by atoms with Gasteiger partial charge >= 0.3 is 5.97 Å². The van der Waals surface area contributed by atoms with Crippen LogP contribution in [0.1, 0.15) is 227 Å². The van der Waals surface area contributed by atoms with Crippen molar-refractivity contribution < 1.29 is 129 Å². The van der Waals surface area contributed by atoms with Crippen molar-refractivity contribution in [2.45, 2.75) is 367 Å². The molecule has 0 aromatic heterocycles. The monoisotopic (exact) mass is 1410 g/mol. The average Bonchev–Trinajstić information content (AvgIpc) is 0.751. The Bertz CT molecular complexity index is 2210. The Morgan fingerprint density at radius 2 is 0.990 bits per heavy atom. The highest BCUT2D eigenvalue weighted by atomic mass is 16.8. The predicted molar refractivity (Wildman–Crippen MR) is 355 cm³/mol. The zero-order valence-corrected chi connectivity index (χ0v) is 58.5. The van der Waals surface area contributed by atoms with Crippen LogP contribution in [0.2, 0.25) is 0 Å². The van der Waals surface area contributed by atoms with Crippen molar-refractivity contribution in [3.63, 3.8) is 0 Å². The lowest BCUT2D eigenvalue weighted by Gasteiger charge is -2.52. The van der Waals surface area contributed by atoms with Gasteiger partial charge in [-0.25, -0.2) is 4.79 Å². The molecule has 0 aliphatic carbocycles. The highest BCUT2D eigenvalue weighted by molar-refractivity contribution is 5.77. The van der Waals surface area contributed by atoms with Gasteiger partial charge in [-0.1, -0.05) is 193 Å². The predicted octanol–water partition coefficient (Wildman–Crippen LogP) is 1.91. The summed E-state index contributed by atoms with van der Waals surface area (Å²) in [6.45, 7) is 1.74. The van der Waals surface area contributed by atoms with Crippen molar-refractivity contribution in [3.8, 4) is 0 Å². The van der Waals surface area contributed by atoms with Crippen LogP contribution in [-0.2, 0) is 57.1 Å². The molecular weight excluding hydrogens is 1290 g/mol. The molecule has 572 valence electrons. The topological polar surface area (TPSA) is 461 Å². The summed E-state index contributed by atoms with van der Waals surface area (Å²) in [6.07, 6.45) is -1.88. The van der Waals surface area contributed by atoms with Gasteiger partial charge < -0.3 is 125 Å². The van der Waals surface area contributed by atoms with E-state index in [1.54, 1.807) is 6.08 Å². The molecule has 4 heterocycles. The Kier molecular flexibility index (Phi) is 42.6. The molecule has 0 aromatic carbocycles. The lowest BCUT2D eigenvalue weighted by molar-refractivity contribution is -0.401. The van der Waals surface area contributed by atoms with Crippen LogP contribution < -0.4 is 16.0 Å². The van der Waals surface area contributed by atoms with Crippen LogP contribution in [0.5, 0.6) is 0 Å². The number of unbranched alkanes of at least 4 members (excludes halogenated alkanes) is 27. The molecule has 0 radical (unpaired) electrons. The number of carbonyl (C=O) groups is 4. The van der Waals surface area contributed by atoms with E-state index in [9.17, 15) is 90.7 Å². The zero-order valence-electron chi connectivity index (χ0n) is 58.5. The number of rotatable bonds is 51. The minimum atomic E-state index is -3.28. The number of carbonyl (C=O) groups excluding carboxylic acids is 3. The maximum atomic E-state index is 13.6. The van der Waals surface area contributed by atoms with E-state index in [-0.39, 0.29) is 12.3 Å². The van der Waals surface area contributed by atoms with Gasteiger partial charge in [0.2, 0.25) is 17.7 Å². The SMILES string of the molecule is CCCCCCCCCCCCCC=C[C@@H](O)[C@H](CO[C@@H]1O[C@H](CO)[C@@H](O[C@@H]2O[C@H](CO)[C@H](O[C@@H]3O[C@H](CO)[C@H](O)[C@H](O)[C@H]3NC(C)=O)[C@H](O[C@]3(C(=O)O)C[C@H](O)[C@@H](NC(C)=O)C([C@H](O)[C@H](O)CO)O3)[C@H]2O)[C@H](O)[C@H]1O)NC(=O)CCCCCCCCCCCCCCCCCCC. The number of aliphatic hydroxyl groups excluding tert-OH is 13. The van der Waals surface area contributed by atoms with Gasteiger partial charge in [-0.05, 0) is 19.3 Å². The fourth-order valence-electron chi connectivity index (χ4n) is 13.2. The minimum absolute atomic E-state index is 0.162. The Labute approximate surface area is 578 Å². The van der Waals surface area contributed by atoms with Crippen LogP contribution in [0.15, 0.2) is 12.2 Å². The molecule has 1 unspecified atom stereocenters. The number of hydrogen-bond acceptors (Lipinski definition) is 25. The van der Waals surface area contributed by atoms with Crippen molar-refractivity contribution in [1.29, 1.82) is 0 Å². The van der Waals surface area contributed by atoms with Gasteiger partial charge in [-0.2, -0.15) is 0 Å². The second-order valence-electron chi connectivity index (χ2n) is 27.2. The first-order valence-corrected chi connectivity index (χ1v) is 36.6. The van der Waals surface area contributed by atoms with Crippen LogP contribution in [0.3, 0.4) is 0 Å². The normalized spacial score (nSPS) is 31.9. The smallest absolute Gasteiger partial charge is 0.364 e. The number of nitrogens with one attached hydrogen (secondary N) is 3. The summed E-state index contributed by atoms with van der Waals surface area (Å²) in [7, 11) is 0. The first kappa shape index (κ1) is 87.2. The molecule has 0 bridgehead atoms. The summed E-state index contributed by atoms with van der Waals surface area (Å²) in [6, 6.07) is -4.52. The molecule has 4 aliphatic heterocycles. The maximum Gasteiger partial charge on any atom is 0.364 e. The number of ether oxygens (including phenoxy) is 8. The number of carboxylic acids is 1. The second kappa shape index (κ2) is 47.9. The summed E-state index contributed by atoms with van der Waals surface area (Å²) in [5, 5.41) is 163. The van der Waals surface area contributed by atoms with Crippen LogP contribution in [0.25, 0.3) is 0 Å². The van der Waals surface area contributed by atoms with Gasteiger partial charge in [-0.15, -0.1) is 0 Å². The first-order chi connectivity index (χ1) is 47.0. The van der Waals surface area contributed by atoms with Gasteiger partial charge in [0.05, 0.1) is 57.3 Å². The van der Waals surface area contributed by atoms with E-state index >= 15 is 0 Å². The summed E-state index contributed by atoms with van der Waals surface area (Å²) in [5.74, 6) is -7.36. The van der Waals surface area contributed by atoms with Crippen molar-refractivity contribution in [3.05, 3.63) is 12.2 Å². The highest BCUT2D eigenvalue weighted by Crippen LogP contribution is 2.40. The third-order valence-corrected chi connectivity index (χ3v) is 19.0. The summed E-state index contributed by atoms with van der Waals surface area (Å²) in [4.78, 5) is 51.9. The molecule has 0 aromatic rings. The first-order valence-electron chi connectivity index (χ1n) is 36.6. The van der Waals surface area contributed by atoms with E-state index in [2.05, 4.69) is 29.8 Å². The minimum Gasteiger partial charge on any atom is -0.477 e. The Balaban J connectivity index is 1.52. The standard InChI is InChI=1S/C69H125N3O26/c1-5-7-9-11-13-15-17-19-20-21-22-24-26-28-30-32-34-36-52(82)72-45(46(79)35-33-31-29-27-25-23-18-16-14-12-10-8-6-2)42-91-66-59(87)58(86)61(50(40-75)93-66)95-67-60(88)64(62(51(41-76)94-67)96-65-54(71-44(4)78)57(85)56(84)49(39-74)92-65)98-69(68(89)90)37-47(80)53(70-43(3)77)63(97-69)55(83)48(81)38-73/h33,35,45-51,53-67,73-76,79-81,83-88H,5-32,34,36-42H2,1-4H3,(H,70,77)(H,71,78)(H,72,82)(H,89,90)/t45-,46+,47-,48+,49+,50+,51+,53+,54+,55+,56-,57+,58+,59+,60+,61+,62-,63?,64+,65-,66+,67-,69-/m0/s1. The molecule has 4 aliphatic rings.